The predicted octanol–water partition coefficient (Wildman–Crippen LogP) is 4.32. The molecule has 216 valence electrons. The van der Waals surface area contributed by atoms with Gasteiger partial charge in [-0.05, 0) is 65.4 Å². The Morgan fingerprint density at radius 2 is 1.97 bits per heavy atom. The van der Waals surface area contributed by atoms with E-state index in [0.29, 0.717) is 25.4 Å². The number of carbonyl (C=O) groups is 2. The minimum absolute atomic E-state index is 0.0631. The third-order valence-corrected chi connectivity index (χ3v) is 6.52. The molecule has 0 aliphatic carbocycles. The number of carbonyl (C=O) groups excluding carboxylic acids is 2. The smallest absolute Gasteiger partial charge is 0.389 e. The molecule has 0 bridgehead atoms. The van der Waals surface area contributed by atoms with Crippen molar-refractivity contribution in [1.29, 1.82) is 0 Å². The Balaban J connectivity index is 2.43. The molecule has 4 atom stereocenters. The van der Waals surface area contributed by atoms with Crippen molar-refractivity contribution < 1.29 is 37.3 Å². The number of nitrogens with one attached hydrogen (secondary N) is 1. The van der Waals surface area contributed by atoms with Gasteiger partial charge in [0, 0.05) is 37.7 Å². The van der Waals surface area contributed by atoms with E-state index in [1.807, 2.05) is 32.8 Å². The van der Waals surface area contributed by atoms with Crippen LogP contribution in [0.25, 0.3) is 0 Å². The molecule has 2 N–H and O–H groups in total. The summed E-state index contributed by atoms with van der Waals surface area (Å²) in [5.41, 5.74) is 0.361. The molecule has 11 heteroatoms. The molecule has 0 unspecified atom stereocenters. The zero-order valence-corrected chi connectivity index (χ0v) is 23.0. The number of aliphatic hydroxyl groups is 1. The summed E-state index contributed by atoms with van der Waals surface area (Å²) in [5.74, 6) is -0.959. The second-order valence-electron chi connectivity index (χ2n) is 10.4. The predicted molar refractivity (Wildman–Crippen MR) is 139 cm³/mol. The lowest BCUT2D eigenvalue weighted by atomic mass is 10.0. The lowest BCUT2D eigenvalue weighted by Crippen LogP contribution is -2.47. The van der Waals surface area contributed by atoms with E-state index in [1.165, 1.54) is 12.1 Å². The standard InChI is InChI=1S/C27H42F3N3O5/c1-18-15-33(19(2)17-34)26(36)22-14-21(31-25(35)11-12-27(28,29)30)9-10-23(22)38-20(3)8-6-7-13-37-24(18)16-32(4)5/h9-10,14,18-20,24,34H,6-8,11-13,15-17H2,1-5H3,(H,31,35)/t18-,19-,20+,24+/m0/s1. The molecule has 2 rings (SSSR count). The van der Waals surface area contributed by atoms with E-state index in [-0.39, 0.29) is 36.0 Å². The molecule has 38 heavy (non-hydrogen) atoms. The lowest BCUT2D eigenvalue weighted by molar-refractivity contribution is -0.142. The maximum atomic E-state index is 13.9. The van der Waals surface area contributed by atoms with Crippen LogP contribution in [-0.4, -0.2) is 91.5 Å². The highest BCUT2D eigenvalue weighted by Crippen LogP contribution is 2.29. The Morgan fingerprint density at radius 3 is 2.61 bits per heavy atom. The first kappa shape index (κ1) is 31.8. The zero-order valence-electron chi connectivity index (χ0n) is 23.0. The number of hydrogen-bond acceptors (Lipinski definition) is 6. The molecule has 0 saturated carbocycles. The second-order valence-corrected chi connectivity index (χ2v) is 10.4. The number of hydrogen-bond donors (Lipinski definition) is 2. The summed E-state index contributed by atoms with van der Waals surface area (Å²) in [6, 6.07) is 3.97. The number of aliphatic hydroxyl groups excluding tert-OH is 1. The number of amides is 2. The fourth-order valence-electron chi connectivity index (χ4n) is 4.30. The molecule has 1 aromatic rings. The summed E-state index contributed by atoms with van der Waals surface area (Å²) in [7, 11) is 3.92. The van der Waals surface area contributed by atoms with Crippen LogP contribution in [0.5, 0.6) is 5.75 Å². The maximum absolute atomic E-state index is 13.9. The first-order valence-electron chi connectivity index (χ1n) is 13.2. The van der Waals surface area contributed by atoms with E-state index in [0.717, 1.165) is 19.3 Å². The molecule has 0 radical (unpaired) electrons. The first-order chi connectivity index (χ1) is 17.8. The molecule has 1 aliphatic rings. The Morgan fingerprint density at radius 1 is 1.26 bits per heavy atom. The van der Waals surface area contributed by atoms with Crippen LogP contribution in [0.3, 0.4) is 0 Å². The molecular formula is C27H42F3N3O5. The molecule has 0 aromatic heterocycles. The van der Waals surface area contributed by atoms with Crippen LogP contribution in [0.15, 0.2) is 18.2 Å². The van der Waals surface area contributed by atoms with Gasteiger partial charge in [0.1, 0.15) is 5.75 Å². The van der Waals surface area contributed by atoms with Crippen molar-refractivity contribution >= 4 is 17.5 Å². The monoisotopic (exact) mass is 545 g/mol. The van der Waals surface area contributed by atoms with E-state index in [4.69, 9.17) is 9.47 Å². The number of anilines is 1. The van der Waals surface area contributed by atoms with Gasteiger partial charge in [-0.25, -0.2) is 0 Å². The number of nitrogens with zero attached hydrogens (tertiary/aromatic N) is 2. The molecule has 1 aromatic carbocycles. The molecule has 1 aliphatic heterocycles. The van der Waals surface area contributed by atoms with Gasteiger partial charge in [0.2, 0.25) is 5.91 Å². The van der Waals surface area contributed by atoms with Crippen LogP contribution >= 0.6 is 0 Å². The minimum Gasteiger partial charge on any atom is -0.490 e. The topological polar surface area (TPSA) is 91.3 Å². The van der Waals surface area contributed by atoms with Gasteiger partial charge in [0.25, 0.3) is 5.91 Å². The second kappa shape index (κ2) is 14.7. The van der Waals surface area contributed by atoms with Gasteiger partial charge in [0.05, 0.1) is 36.8 Å². The zero-order chi connectivity index (χ0) is 28.5. The van der Waals surface area contributed by atoms with Gasteiger partial charge in [-0.2, -0.15) is 13.2 Å². The Bertz CT molecular complexity index is 912. The van der Waals surface area contributed by atoms with Crippen LogP contribution in [0, 0.1) is 5.92 Å². The van der Waals surface area contributed by atoms with Crippen molar-refractivity contribution in [3.8, 4) is 5.75 Å². The Kier molecular flexibility index (Phi) is 12.3. The highest BCUT2D eigenvalue weighted by molar-refractivity contribution is 5.99. The van der Waals surface area contributed by atoms with Crippen molar-refractivity contribution in [2.75, 3.05) is 45.7 Å². The van der Waals surface area contributed by atoms with Crippen LogP contribution < -0.4 is 10.1 Å². The number of alkyl halides is 3. The fraction of sp³-hybridized carbons (Fsp3) is 0.704. The number of halogens is 3. The van der Waals surface area contributed by atoms with E-state index in [9.17, 15) is 27.9 Å². The molecule has 1 heterocycles. The van der Waals surface area contributed by atoms with Gasteiger partial charge in [-0.1, -0.05) is 6.92 Å². The SMILES string of the molecule is C[C@@H]1CCCCO[C@H](CN(C)C)[C@@H](C)CN([C@@H](C)CO)C(=O)c2cc(NC(=O)CCC(F)(F)F)ccc2O1. The molecule has 8 nitrogen and oxygen atoms in total. The van der Waals surface area contributed by atoms with E-state index < -0.39 is 36.9 Å². The van der Waals surface area contributed by atoms with Crippen molar-refractivity contribution in [2.45, 2.75) is 77.3 Å². The lowest BCUT2D eigenvalue weighted by Gasteiger charge is -2.35. The van der Waals surface area contributed by atoms with Crippen molar-refractivity contribution in [1.82, 2.24) is 9.80 Å². The summed E-state index contributed by atoms with van der Waals surface area (Å²) in [6.07, 6.45) is -4.29. The van der Waals surface area contributed by atoms with Crippen LogP contribution in [0.1, 0.15) is 63.2 Å². The average molecular weight is 546 g/mol. The quantitative estimate of drug-likeness (QED) is 0.530. The van der Waals surface area contributed by atoms with Crippen molar-refractivity contribution in [2.24, 2.45) is 5.92 Å². The minimum atomic E-state index is -4.44. The van der Waals surface area contributed by atoms with Gasteiger partial charge in [0.15, 0.2) is 0 Å². The number of fused-ring (bicyclic) bond motifs is 1. The normalized spacial score (nSPS) is 22.8. The van der Waals surface area contributed by atoms with Crippen molar-refractivity contribution in [3.05, 3.63) is 23.8 Å². The summed E-state index contributed by atoms with van der Waals surface area (Å²) in [4.78, 5) is 29.6. The summed E-state index contributed by atoms with van der Waals surface area (Å²) < 4.78 is 49.9. The molecule has 0 spiro atoms. The summed E-state index contributed by atoms with van der Waals surface area (Å²) in [5, 5.41) is 12.4. The van der Waals surface area contributed by atoms with Gasteiger partial charge >= 0.3 is 6.18 Å². The van der Waals surface area contributed by atoms with Crippen LogP contribution in [-0.2, 0) is 9.53 Å². The fourth-order valence-corrected chi connectivity index (χ4v) is 4.30. The number of benzene rings is 1. The largest absolute Gasteiger partial charge is 0.490 e. The molecule has 0 fully saturated rings. The highest BCUT2D eigenvalue weighted by atomic mass is 19.4. The maximum Gasteiger partial charge on any atom is 0.389 e. The van der Waals surface area contributed by atoms with Gasteiger partial charge in [-0.3, -0.25) is 9.59 Å². The number of likely N-dealkylation sites (N-methyl/N-ethyl adjacent to an activating group) is 1. The third-order valence-electron chi connectivity index (χ3n) is 6.52. The first-order valence-corrected chi connectivity index (χ1v) is 13.2. The highest BCUT2D eigenvalue weighted by Gasteiger charge is 2.31. The molecular weight excluding hydrogens is 503 g/mol. The van der Waals surface area contributed by atoms with Crippen LogP contribution in [0.4, 0.5) is 18.9 Å². The molecule has 2 amide bonds. The number of rotatable bonds is 7. The third kappa shape index (κ3) is 10.4. The van der Waals surface area contributed by atoms with Gasteiger partial charge in [-0.15, -0.1) is 0 Å². The molecule has 0 saturated heterocycles. The van der Waals surface area contributed by atoms with Crippen molar-refractivity contribution in [3.63, 3.8) is 0 Å². The Labute approximate surface area is 223 Å². The summed E-state index contributed by atoms with van der Waals surface area (Å²) in [6.45, 7) is 6.93. The summed E-state index contributed by atoms with van der Waals surface area (Å²) >= 11 is 0. The average Bonchev–Trinajstić information content (AvgIpc) is 2.83. The van der Waals surface area contributed by atoms with Gasteiger partial charge < -0.3 is 29.7 Å². The number of ether oxygens (including phenoxy) is 2. The Hall–Kier alpha value is -2.37. The van der Waals surface area contributed by atoms with E-state index >= 15 is 0 Å². The van der Waals surface area contributed by atoms with E-state index in [1.54, 1.807) is 17.9 Å². The van der Waals surface area contributed by atoms with Crippen LogP contribution in [0.2, 0.25) is 0 Å². The van der Waals surface area contributed by atoms with E-state index in [2.05, 4.69) is 5.32 Å².